The molecule has 1 aromatic rings. The maximum atomic E-state index is 13.7. The second kappa shape index (κ2) is 8.85. The molecule has 1 spiro atoms. The Morgan fingerprint density at radius 1 is 1.21 bits per heavy atom. The first-order valence-corrected chi connectivity index (χ1v) is 12.2. The van der Waals surface area contributed by atoms with Crippen molar-refractivity contribution in [1.29, 1.82) is 0 Å². The van der Waals surface area contributed by atoms with Crippen LogP contribution in [-0.2, 0) is 19.1 Å². The zero-order valence-corrected chi connectivity index (χ0v) is 20.6. The first kappa shape index (κ1) is 24.5. The van der Waals surface area contributed by atoms with E-state index in [1.807, 2.05) is 31.2 Å². The second-order valence-corrected chi connectivity index (χ2v) is 9.83. The molecule has 1 aromatic carbocycles. The summed E-state index contributed by atoms with van der Waals surface area (Å²) in [5.41, 5.74) is -0.227. The number of rotatable bonds is 8. The summed E-state index contributed by atoms with van der Waals surface area (Å²) in [6.45, 7) is 9.21. The molecule has 6 atom stereocenters. The molecule has 3 aliphatic rings. The van der Waals surface area contributed by atoms with E-state index in [-0.39, 0.29) is 24.3 Å². The average Bonchev–Trinajstić information content (AvgIpc) is 3.40. The van der Waals surface area contributed by atoms with E-state index in [4.69, 9.17) is 4.74 Å². The van der Waals surface area contributed by atoms with Gasteiger partial charge in [-0.3, -0.25) is 14.4 Å². The van der Waals surface area contributed by atoms with Crippen LogP contribution in [0.1, 0.15) is 40.5 Å². The van der Waals surface area contributed by atoms with Crippen molar-refractivity contribution in [2.45, 2.75) is 63.8 Å². The molecule has 186 valence electrons. The second-order valence-electron chi connectivity index (χ2n) is 9.83. The van der Waals surface area contributed by atoms with Crippen LogP contribution in [0.4, 0.5) is 11.4 Å². The van der Waals surface area contributed by atoms with Crippen molar-refractivity contribution >= 4 is 29.1 Å². The normalized spacial score (nSPS) is 32.5. The van der Waals surface area contributed by atoms with Gasteiger partial charge in [-0.15, -0.1) is 0 Å². The molecule has 2 bridgehead atoms. The van der Waals surface area contributed by atoms with E-state index in [0.717, 1.165) is 18.8 Å². The number of fused-ring (bicyclic) bond motifs is 1. The van der Waals surface area contributed by atoms with Crippen molar-refractivity contribution in [3.63, 3.8) is 0 Å². The van der Waals surface area contributed by atoms with Gasteiger partial charge in [0.1, 0.15) is 11.6 Å². The molecule has 3 N–H and O–H groups in total. The number of hydrogen-bond donors (Lipinski definition) is 3. The fourth-order valence-electron chi connectivity index (χ4n) is 6.34. The third-order valence-corrected chi connectivity index (χ3v) is 7.99. The molecule has 0 saturated carbocycles. The Morgan fingerprint density at radius 3 is 2.41 bits per heavy atom. The molecule has 0 radical (unpaired) electrons. The number of benzene rings is 1. The van der Waals surface area contributed by atoms with Crippen molar-refractivity contribution < 1.29 is 24.2 Å². The third kappa shape index (κ3) is 3.48. The lowest BCUT2D eigenvalue weighted by atomic mass is 9.66. The fourth-order valence-corrected chi connectivity index (χ4v) is 6.34. The van der Waals surface area contributed by atoms with Crippen molar-refractivity contribution in [3.8, 4) is 0 Å². The highest BCUT2D eigenvalue weighted by Crippen LogP contribution is 2.63. The smallest absolute Gasteiger partial charge is 0.250 e. The van der Waals surface area contributed by atoms with Crippen LogP contribution in [0.5, 0.6) is 0 Å². The summed E-state index contributed by atoms with van der Waals surface area (Å²) in [7, 11) is 1.55. The molecule has 3 aliphatic heterocycles. The van der Waals surface area contributed by atoms with Crippen molar-refractivity contribution in [2.24, 2.45) is 11.8 Å². The molecule has 9 heteroatoms. The first-order valence-electron chi connectivity index (χ1n) is 12.2. The van der Waals surface area contributed by atoms with E-state index in [2.05, 4.69) is 29.4 Å². The lowest BCUT2D eigenvalue weighted by Gasteiger charge is -2.35. The predicted octanol–water partition coefficient (Wildman–Crippen LogP) is 1.36. The van der Waals surface area contributed by atoms with Crippen LogP contribution in [0.3, 0.4) is 0 Å². The minimum absolute atomic E-state index is 0.257. The molecule has 3 amide bonds. The zero-order valence-electron chi connectivity index (χ0n) is 20.6. The van der Waals surface area contributed by atoms with Gasteiger partial charge in [-0.2, -0.15) is 0 Å². The Kier molecular flexibility index (Phi) is 6.37. The van der Waals surface area contributed by atoms with E-state index < -0.39 is 35.1 Å². The largest absolute Gasteiger partial charge is 0.394 e. The van der Waals surface area contributed by atoms with Gasteiger partial charge in [0.15, 0.2) is 0 Å². The highest BCUT2D eigenvalue weighted by Gasteiger charge is 2.78. The summed E-state index contributed by atoms with van der Waals surface area (Å²) >= 11 is 0. The summed E-state index contributed by atoms with van der Waals surface area (Å²) in [4.78, 5) is 43.9. The molecular weight excluding hydrogens is 436 g/mol. The van der Waals surface area contributed by atoms with Crippen molar-refractivity contribution in [2.75, 3.05) is 37.0 Å². The number of aliphatic hydroxyl groups is 1. The Morgan fingerprint density at radius 2 is 1.85 bits per heavy atom. The van der Waals surface area contributed by atoms with Crippen LogP contribution in [0.2, 0.25) is 0 Å². The highest BCUT2D eigenvalue weighted by atomic mass is 16.5. The van der Waals surface area contributed by atoms with Crippen molar-refractivity contribution in [1.82, 2.24) is 10.2 Å². The summed E-state index contributed by atoms with van der Waals surface area (Å²) in [6.07, 6.45) is 1.08. The first-order chi connectivity index (χ1) is 16.2. The number of likely N-dealkylation sites (tertiary alicyclic amines) is 1. The highest BCUT2D eigenvalue weighted by molar-refractivity contribution is 6.04. The van der Waals surface area contributed by atoms with E-state index in [1.165, 1.54) is 4.90 Å². The zero-order chi connectivity index (χ0) is 24.8. The third-order valence-electron chi connectivity index (χ3n) is 7.99. The number of ether oxygens (including phenoxy) is 1. The maximum Gasteiger partial charge on any atom is 0.250 e. The van der Waals surface area contributed by atoms with Crippen LogP contribution < -0.4 is 15.5 Å². The SMILES string of the molecule is CCN(CC)c1ccc(NC(=O)C2N([C@H](C)CO)C(=O)[C@@H]3[C@H](C(=O)NC)[C@]4(C)CCC23O4)cc1. The number of carbonyl (C=O) groups is 3. The van der Waals surface area contributed by atoms with Gasteiger partial charge in [-0.05, 0) is 64.8 Å². The Bertz CT molecular complexity index is 965. The lowest BCUT2D eigenvalue weighted by Crippen LogP contribution is -2.55. The number of amides is 3. The molecule has 3 fully saturated rings. The molecule has 0 aromatic heterocycles. The Balaban J connectivity index is 1.67. The Labute approximate surface area is 200 Å². The minimum atomic E-state index is -1.10. The number of carbonyl (C=O) groups excluding carboxylic acids is 3. The van der Waals surface area contributed by atoms with Gasteiger partial charge in [0.25, 0.3) is 0 Å². The Hall–Kier alpha value is -2.65. The predicted molar refractivity (Wildman–Crippen MR) is 128 cm³/mol. The van der Waals surface area contributed by atoms with Gasteiger partial charge in [0.05, 0.1) is 30.1 Å². The average molecular weight is 473 g/mol. The number of aliphatic hydroxyl groups excluding tert-OH is 1. The molecule has 9 nitrogen and oxygen atoms in total. The van der Waals surface area contributed by atoms with Crippen molar-refractivity contribution in [3.05, 3.63) is 24.3 Å². The quantitative estimate of drug-likeness (QED) is 0.527. The van der Waals surface area contributed by atoms with Crippen LogP contribution in [0.25, 0.3) is 0 Å². The van der Waals surface area contributed by atoms with Crippen LogP contribution in [0.15, 0.2) is 24.3 Å². The number of hydrogen-bond acceptors (Lipinski definition) is 6. The molecule has 3 heterocycles. The number of anilines is 2. The van der Waals surface area contributed by atoms with Crippen LogP contribution in [0, 0.1) is 11.8 Å². The molecule has 34 heavy (non-hydrogen) atoms. The topological polar surface area (TPSA) is 111 Å². The number of nitrogens with one attached hydrogen (secondary N) is 2. The van der Waals surface area contributed by atoms with Gasteiger partial charge >= 0.3 is 0 Å². The van der Waals surface area contributed by atoms with E-state index in [0.29, 0.717) is 18.5 Å². The molecule has 4 rings (SSSR count). The van der Waals surface area contributed by atoms with Gasteiger partial charge < -0.3 is 30.3 Å². The summed E-state index contributed by atoms with van der Waals surface area (Å²) in [5.74, 6) is -2.38. The van der Waals surface area contributed by atoms with E-state index in [9.17, 15) is 19.5 Å². The molecular formula is C25H36N4O5. The van der Waals surface area contributed by atoms with Gasteiger partial charge in [0.2, 0.25) is 17.7 Å². The van der Waals surface area contributed by atoms with Crippen LogP contribution in [-0.4, -0.2) is 77.8 Å². The summed E-state index contributed by atoms with van der Waals surface area (Å²) in [6, 6.07) is 6.08. The maximum absolute atomic E-state index is 13.7. The molecule has 2 unspecified atom stereocenters. The number of nitrogens with zero attached hydrogens (tertiary/aromatic N) is 2. The monoisotopic (exact) mass is 472 g/mol. The summed E-state index contributed by atoms with van der Waals surface area (Å²) in [5, 5.41) is 15.5. The minimum Gasteiger partial charge on any atom is -0.394 e. The van der Waals surface area contributed by atoms with E-state index in [1.54, 1.807) is 14.0 Å². The summed E-state index contributed by atoms with van der Waals surface area (Å²) < 4.78 is 6.48. The lowest BCUT2D eigenvalue weighted by molar-refractivity contribution is -0.147. The standard InChI is InChI=1S/C25H36N4O5/c1-6-28(7-2)17-10-8-16(9-11-17)27-22(32)20-25-13-12-24(4,34-25)18(21(31)26-5)19(25)23(33)29(20)15(3)14-30/h8-11,15,18-20,30H,6-7,12-14H2,1-5H3,(H,26,31)(H,27,32)/t15-,18-,19+,20?,24+,25?/m1/s1. The van der Waals surface area contributed by atoms with Crippen LogP contribution >= 0.6 is 0 Å². The molecule has 3 saturated heterocycles. The fraction of sp³-hybridized carbons (Fsp3) is 0.640. The molecule has 0 aliphatic carbocycles. The van der Waals surface area contributed by atoms with Gasteiger partial charge in [-0.25, -0.2) is 0 Å². The van der Waals surface area contributed by atoms with E-state index >= 15 is 0 Å². The van der Waals surface area contributed by atoms with Gasteiger partial charge in [0, 0.05) is 31.5 Å². The van der Waals surface area contributed by atoms with Gasteiger partial charge in [-0.1, -0.05) is 0 Å².